The molecule has 0 saturated heterocycles. The molecule has 3 rings (SSSR count). The van der Waals surface area contributed by atoms with Crippen molar-refractivity contribution in [2.24, 2.45) is 7.05 Å². The first-order valence-corrected chi connectivity index (χ1v) is 5.82. The van der Waals surface area contributed by atoms with Gasteiger partial charge in [0.15, 0.2) is 12.4 Å². The van der Waals surface area contributed by atoms with E-state index >= 15 is 0 Å². The van der Waals surface area contributed by atoms with Gasteiger partial charge >= 0.3 is 0 Å². The van der Waals surface area contributed by atoms with Crippen molar-refractivity contribution in [2.75, 3.05) is 0 Å². The lowest BCUT2D eigenvalue weighted by Crippen LogP contribution is -2.30. The van der Waals surface area contributed by atoms with E-state index in [9.17, 15) is 0 Å². The van der Waals surface area contributed by atoms with Gasteiger partial charge in [-0.15, -0.1) is 9.36 Å². The summed E-state index contributed by atoms with van der Waals surface area (Å²) < 4.78 is 9.19. The highest BCUT2D eigenvalue weighted by molar-refractivity contribution is 5.83. The maximum Gasteiger partial charge on any atom is 0.253 e. The van der Waals surface area contributed by atoms with E-state index in [1.807, 2.05) is 43.7 Å². The third-order valence-corrected chi connectivity index (χ3v) is 2.79. The zero-order chi connectivity index (χ0) is 12.4. The van der Waals surface area contributed by atoms with Gasteiger partial charge in [0.1, 0.15) is 12.8 Å². The van der Waals surface area contributed by atoms with Crippen LogP contribution in [0.5, 0.6) is 5.75 Å². The van der Waals surface area contributed by atoms with E-state index in [1.165, 1.54) is 10.8 Å². The molecule has 4 nitrogen and oxygen atoms in total. The number of fused-ring (bicyclic) bond motifs is 1. The summed E-state index contributed by atoms with van der Waals surface area (Å²) in [5.74, 6) is 0.854. The lowest BCUT2D eigenvalue weighted by Gasteiger charge is -2.04. The van der Waals surface area contributed by atoms with Crippen molar-refractivity contribution < 1.29 is 9.42 Å². The second kappa shape index (κ2) is 4.49. The highest BCUT2D eigenvalue weighted by atomic mass is 16.5. The third-order valence-electron chi connectivity index (χ3n) is 2.79. The van der Waals surface area contributed by atoms with E-state index in [2.05, 4.69) is 23.4 Å². The van der Waals surface area contributed by atoms with Crippen LogP contribution in [0, 0.1) is 0 Å². The van der Waals surface area contributed by atoms with Crippen LogP contribution >= 0.6 is 0 Å². The van der Waals surface area contributed by atoms with E-state index in [1.54, 1.807) is 9.36 Å². The van der Waals surface area contributed by atoms with Gasteiger partial charge in [-0.2, -0.15) is 0 Å². The van der Waals surface area contributed by atoms with Gasteiger partial charge in [-0.1, -0.05) is 30.3 Å². The second-order valence-electron chi connectivity index (χ2n) is 4.18. The molecule has 0 aliphatic carbocycles. The minimum absolute atomic E-state index is 0.416. The fraction of sp³-hybridized carbons (Fsp3) is 0.143. The van der Waals surface area contributed by atoms with Crippen LogP contribution in [-0.4, -0.2) is 9.90 Å². The molecule has 0 aliphatic heterocycles. The predicted octanol–water partition coefficient (Wildman–Crippen LogP) is 1.90. The molecule has 0 amide bonds. The molecule has 2 aromatic carbocycles. The first-order valence-electron chi connectivity index (χ1n) is 5.82. The summed E-state index contributed by atoms with van der Waals surface area (Å²) in [6.07, 6.45) is 3.75. The Morgan fingerprint density at radius 2 is 2.00 bits per heavy atom. The van der Waals surface area contributed by atoms with Crippen LogP contribution in [-0.2, 0) is 13.8 Å². The number of rotatable bonds is 3. The van der Waals surface area contributed by atoms with Gasteiger partial charge in [0.05, 0.1) is 5.21 Å². The Kier molecular flexibility index (Phi) is 2.68. The molecule has 0 atom stereocenters. The monoisotopic (exact) mass is 240 g/mol. The van der Waals surface area contributed by atoms with Gasteiger partial charge in [-0.25, -0.2) is 0 Å². The Morgan fingerprint density at radius 3 is 2.78 bits per heavy atom. The number of nitrogens with zero attached hydrogens (tertiary/aromatic N) is 3. The zero-order valence-corrected chi connectivity index (χ0v) is 10.2. The Bertz CT molecular complexity index is 675. The average Bonchev–Trinajstić information content (AvgIpc) is 2.82. The maximum absolute atomic E-state index is 5.70. The average molecular weight is 240 g/mol. The fourth-order valence-corrected chi connectivity index (χ4v) is 1.88. The highest BCUT2D eigenvalue weighted by Crippen LogP contribution is 2.20. The topological polar surface area (TPSA) is 30.9 Å². The van der Waals surface area contributed by atoms with Crippen molar-refractivity contribution in [2.45, 2.75) is 6.73 Å². The van der Waals surface area contributed by atoms with Crippen molar-refractivity contribution in [3.8, 4) is 5.75 Å². The van der Waals surface area contributed by atoms with Crippen LogP contribution in [0.3, 0.4) is 0 Å². The summed E-state index contributed by atoms with van der Waals surface area (Å²) in [5.41, 5.74) is 0. The molecule has 0 fully saturated rings. The van der Waals surface area contributed by atoms with Crippen LogP contribution in [0.25, 0.3) is 10.8 Å². The summed E-state index contributed by atoms with van der Waals surface area (Å²) in [6, 6.07) is 14.3. The number of ether oxygens (including phenoxy) is 1. The molecule has 3 aromatic rings. The minimum Gasteiger partial charge on any atom is -0.452 e. The molecule has 1 heterocycles. The number of aromatic nitrogens is 3. The SMILES string of the molecule is C[n+]1ccn(COc2ccc3ccccc3c2)n1. The molecule has 0 bridgehead atoms. The van der Waals surface area contributed by atoms with E-state index < -0.39 is 0 Å². The molecule has 0 aliphatic rings. The molecular formula is C14H14N3O+. The van der Waals surface area contributed by atoms with Gasteiger partial charge in [0.2, 0.25) is 0 Å². The third kappa shape index (κ3) is 2.18. The molecule has 0 unspecified atom stereocenters. The Balaban J connectivity index is 1.78. The van der Waals surface area contributed by atoms with E-state index in [0.29, 0.717) is 6.73 Å². The molecule has 0 saturated carbocycles. The van der Waals surface area contributed by atoms with Crippen LogP contribution in [0.2, 0.25) is 0 Å². The summed E-state index contributed by atoms with van der Waals surface area (Å²) in [4.78, 5) is 0. The van der Waals surface area contributed by atoms with Crippen molar-refractivity contribution in [1.29, 1.82) is 0 Å². The second-order valence-corrected chi connectivity index (χ2v) is 4.18. The quantitative estimate of drug-likeness (QED) is 0.655. The molecule has 90 valence electrons. The van der Waals surface area contributed by atoms with Crippen molar-refractivity contribution in [3.05, 3.63) is 54.9 Å². The Labute approximate surface area is 105 Å². The largest absolute Gasteiger partial charge is 0.452 e. The van der Waals surface area contributed by atoms with Crippen molar-refractivity contribution >= 4 is 10.8 Å². The van der Waals surface area contributed by atoms with Gasteiger partial charge in [-0.05, 0) is 22.9 Å². The first kappa shape index (κ1) is 10.8. The molecule has 4 heteroatoms. The lowest BCUT2D eigenvalue weighted by atomic mass is 10.1. The highest BCUT2D eigenvalue weighted by Gasteiger charge is 2.03. The predicted molar refractivity (Wildman–Crippen MR) is 68.0 cm³/mol. The van der Waals surface area contributed by atoms with Crippen LogP contribution in [0.15, 0.2) is 54.9 Å². The van der Waals surface area contributed by atoms with Crippen LogP contribution in [0.4, 0.5) is 0 Å². The zero-order valence-electron chi connectivity index (χ0n) is 10.2. The van der Waals surface area contributed by atoms with Gasteiger partial charge in [-0.3, -0.25) is 0 Å². The number of hydrogen-bond acceptors (Lipinski definition) is 2. The van der Waals surface area contributed by atoms with Gasteiger partial charge in [0, 0.05) is 0 Å². The minimum atomic E-state index is 0.416. The van der Waals surface area contributed by atoms with E-state index in [0.717, 1.165) is 5.75 Å². The van der Waals surface area contributed by atoms with Crippen molar-refractivity contribution in [1.82, 2.24) is 9.90 Å². The summed E-state index contributed by atoms with van der Waals surface area (Å²) in [6.45, 7) is 0.416. The van der Waals surface area contributed by atoms with Gasteiger partial charge in [0.25, 0.3) is 6.73 Å². The molecule has 0 N–H and O–H groups in total. The number of benzene rings is 2. The number of hydrogen-bond donors (Lipinski definition) is 0. The standard InChI is InChI=1S/C14H14N3O/c1-16-8-9-17(15-16)11-18-14-7-6-12-4-2-3-5-13(12)10-14/h2-10H,11H2,1H3/q+1. The van der Waals surface area contributed by atoms with E-state index in [-0.39, 0.29) is 0 Å². The maximum atomic E-state index is 5.70. The molecule has 18 heavy (non-hydrogen) atoms. The van der Waals surface area contributed by atoms with E-state index in [4.69, 9.17) is 4.74 Å². The van der Waals surface area contributed by atoms with Gasteiger partial charge < -0.3 is 4.74 Å². The molecule has 0 spiro atoms. The summed E-state index contributed by atoms with van der Waals surface area (Å²) >= 11 is 0. The van der Waals surface area contributed by atoms with Crippen LogP contribution < -0.4 is 9.42 Å². The smallest absolute Gasteiger partial charge is 0.253 e. The first-order chi connectivity index (χ1) is 8.81. The number of aryl methyl sites for hydroxylation is 1. The molecule has 1 aromatic heterocycles. The summed E-state index contributed by atoms with van der Waals surface area (Å²) in [7, 11) is 1.88. The Hall–Kier alpha value is -2.36. The molecular weight excluding hydrogens is 226 g/mol. The fourth-order valence-electron chi connectivity index (χ4n) is 1.88. The summed E-state index contributed by atoms with van der Waals surface area (Å²) in [5, 5.41) is 6.60. The molecule has 0 radical (unpaired) electrons. The lowest BCUT2D eigenvalue weighted by molar-refractivity contribution is -0.732. The van der Waals surface area contributed by atoms with Crippen molar-refractivity contribution in [3.63, 3.8) is 0 Å². The normalized spacial score (nSPS) is 10.7. The van der Waals surface area contributed by atoms with Crippen LogP contribution in [0.1, 0.15) is 0 Å². The Morgan fingerprint density at radius 1 is 1.17 bits per heavy atom.